The first-order chi connectivity index (χ1) is 4.79. The maximum Gasteiger partial charge on any atom is 0.220 e. The summed E-state index contributed by atoms with van der Waals surface area (Å²) in [4.78, 5) is 10.6. The van der Waals surface area contributed by atoms with E-state index in [4.69, 9.17) is 0 Å². The fourth-order valence-corrected chi connectivity index (χ4v) is 1.18. The molecule has 0 heterocycles. The lowest BCUT2D eigenvalue weighted by atomic mass is 10.1. The van der Waals surface area contributed by atoms with Crippen molar-refractivity contribution in [3.8, 4) is 0 Å². The van der Waals surface area contributed by atoms with Crippen LogP contribution in [0.25, 0.3) is 0 Å². The zero-order valence-corrected chi connectivity index (χ0v) is 6.31. The average molecular weight is 139 g/mol. The van der Waals surface area contributed by atoms with E-state index in [0.717, 1.165) is 18.5 Å². The van der Waals surface area contributed by atoms with Gasteiger partial charge in [0.2, 0.25) is 5.91 Å². The Morgan fingerprint density at radius 1 is 1.60 bits per heavy atom. The summed E-state index contributed by atoms with van der Waals surface area (Å²) in [6.07, 6.45) is 6.76. The highest BCUT2D eigenvalue weighted by Crippen LogP contribution is 2.14. The summed E-state index contributed by atoms with van der Waals surface area (Å²) in [6.45, 7) is 1.55. The fraction of sp³-hybridized carbons (Fsp3) is 0.625. The molecule has 0 spiro atoms. The first-order valence-corrected chi connectivity index (χ1v) is 3.75. The summed E-state index contributed by atoms with van der Waals surface area (Å²) < 4.78 is 0. The van der Waals surface area contributed by atoms with Gasteiger partial charge in [-0.15, -0.1) is 0 Å². The number of rotatable bonds is 1. The van der Waals surface area contributed by atoms with Crippen molar-refractivity contribution in [2.45, 2.75) is 32.6 Å². The number of nitrogens with one attached hydrogen (secondary N) is 1. The van der Waals surface area contributed by atoms with Gasteiger partial charge in [-0.2, -0.15) is 0 Å². The summed E-state index contributed by atoms with van der Waals surface area (Å²) in [5.74, 6) is 0.0492. The number of allylic oxidation sites excluding steroid dienone is 2. The first-order valence-electron chi connectivity index (χ1n) is 3.75. The number of carbonyl (C=O) groups is 1. The molecular weight excluding hydrogens is 126 g/mol. The maximum absolute atomic E-state index is 10.6. The Bertz CT molecular complexity index is 161. The van der Waals surface area contributed by atoms with Gasteiger partial charge in [-0.05, 0) is 25.7 Å². The molecule has 0 radical (unpaired) electrons. The smallest absolute Gasteiger partial charge is 0.220 e. The van der Waals surface area contributed by atoms with Gasteiger partial charge in [0, 0.05) is 12.6 Å². The van der Waals surface area contributed by atoms with Crippen LogP contribution in [-0.2, 0) is 4.79 Å². The minimum Gasteiger partial charge on any atom is -0.330 e. The van der Waals surface area contributed by atoms with Crippen molar-refractivity contribution in [1.82, 2.24) is 5.32 Å². The van der Waals surface area contributed by atoms with Crippen molar-refractivity contribution in [2.24, 2.45) is 0 Å². The van der Waals surface area contributed by atoms with E-state index < -0.39 is 0 Å². The molecule has 10 heavy (non-hydrogen) atoms. The van der Waals surface area contributed by atoms with Gasteiger partial charge in [-0.25, -0.2) is 0 Å². The first kappa shape index (κ1) is 7.32. The highest BCUT2D eigenvalue weighted by molar-refractivity contribution is 5.74. The van der Waals surface area contributed by atoms with E-state index >= 15 is 0 Å². The molecule has 0 bridgehead atoms. The second-order valence-corrected chi connectivity index (χ2v) is 2.66. The molecule has 0 aromatic rings. The number of carbonyl (C=O) groups excluding carboxylic acids is 1. The summed E-state index contributed by atoms with van der Waals surface area (Å²) in [5, 5.41) is 2.80. The van der Waals surface area contributed by atoms with Gasteiger partial charge in [0.1, 0.15) is 0 Å². The summed E-state index contributed by atoms with van der Waals surface area (Å²) in [6, 6.07) is 0. The van der Waals surface area contributed by atoms with Gasteiger partial charge >= 0.3 is 0 Å². The zero-order valence-electron chi connectivity index (χ0n) is 6.31. The molecule has 0 atom stereocenters. The van der Waals surface area contributed by atoms with E-state index in [-0.39, 0.29) is 5.91 Å². The molecule has 0 unspecified atom stereocenters. The van der Waals surface area contributed by atoms with Gasteiger partial charge < -0.3 is 5.32 Å². The molecular formula is C8H13NO. The molecule has 56 valence electrons. The molecule has 0 fully saturated rings. The summed E-state index contributed by atoms with van der Waals surface area (Å²) in [5.41, 5.74) is 1.11. The van der Waals surface area contributed by atoms with Gasteiger partial charge in [-0.3, -0.25) is 4.79 Å². The van der Waals surface area contributed by atoms with Crippen LogP contribution < -0.4 is 5.32 Å². The van der Waals surface area contributed by atoms with Crippen LogP contribution in [-0.4, -0.2) is 5.91 Å². The normalized spacial score (nSPS) is 17.9. The van der Waals surface area contributed by atoms with Crippen molar-refractivity contribution >= 4 is 5.91 Å². The van der Waals surface area contributed by atoms with Crippen molar-refractivity contribution in [3.05, 3.63) is 11.8 Å². The predicted molar refractivity (Wildman–Crippen MR) is 40.4 cm³/mol. The topological polar surface area (TPSA) is 29.1 Å². The minimum absolute atomic E-state index is 0.0492. The van der Waals surface area contributed by atoms with E-state index in [2.05, 4.69) is 11.4 Å². The molecule has 1 N–H and O–H groups in total. The third-order valence-electron chi connectivity index (χ3n) is 1.63. The summed E-state index contributed by atoms with van der Waals surface area (Å²) >= 11 is 0. The molecule has 0 aromatic heterocycles. The average Bonchev–Trinajstić information content (AvgIpc) is 1.88. The Kier molecular flexibility index (Phi) is 2.49. The zero-order chi connectivity index (χ0) is 7.40. The van der Waals surface area contributed by atoms with E-state index in [1.165, 1.54) is 12.8 Å². The van der Waals surface area contributed by atoms with Crippen LogP contribution in [0.2, 0.25) is 0 Å². The van der Waals surface area contributed by atoms with Crippen molar-refractivity contribution < 1.29 is 4.79 Å². The molecule has 0 saturated heterocycles. The second-order valence-electron chi connectivity index (χ2n) is 2.66. The Labute approximate surface area is 61.3 Å². The quantitative estimate of drug-likeness (QED) is 0.587. The van der Waals surface area contributed by atoms with Crippen LogP contribution in [0, 0.1) is 0 Å². The van der Waals surface area contributed by atoms with E-state index in [1.807, 2.05) is 0 Å². The van der Waals surface area contributed by atoms with Crippen LogP contribution >= 0.6 is 0 Å². The van der Waals surface area contributed by atoms with Crippen molar-refractivity contribution in [2.75, 3.05) is 0 Å². The molecule has 1 amide bonds. The largest absolute Gasteiger partial charge is 0.330 e. The third kappa shape index (κ3) is 2.21. The van der Waals surface area contributed by atoms with Gasteiger partial charge in [-0.1, -0.05) is 6.08 Å². The Morgan fingerprint density at radius 2 is 2.40 bits per heavy atom. The van der Waals surface area contributed by atoms with E-state index in [9.17, 15) is 4.79 Å². The second kappa shape index (κ2) is 3.40. The molecule has 1 aliphatic carbocycles. The highest BCUT2D eigenvalue weighted by Gasteiger charge is 2.03. The van der Waals surface area contributed by atoms with Gasteiger partial charge in [0.05, 0.1) is 0 Å². The Morgan fingerprint density at radius 3 is 2.90 bits per heavy atom. The Balaban J connectivity index is 2.38. The number of amides is 1. The predicted octanol–water partition coefficient (Wildman–Crippen LogP) is 1.58. The molecule has 0 aromatic carbocycles. The van der Waals surface area contributed by atoms with Crippen molar-refractivity contribution in [1.29, 1.82) is 0 Å². The molecule has 0 aliphatic heterocycles. The van der Waals surface area contributed by atoms with Crippen LogP contribution in [0.5, 0.6) is 0 Å². The van der Waals surface area contributed by atoms with Crippen LogP contribution in [0.4, 0.5) is 0 Å². The van der Waals surface area contributed by atoms with Crippen LogP contribution in [0.3, 0.4) is 0 Å². The van der Waals surface area contributed by atoms with Gasteiger partial charge in [0.15, 0.2) is 0 Å². The third-order valence-corrected chi connectivity index (χ3v) is 1.63. The van der Waals surface area contributed by atoms with Crippen molar-refractivity contribution in [3.63, 3.8) is 0 Å². The van der Waals surface area contributed by atoms with E-state index in [0.29, 0.717) is 0 Å². The number of hydrogen-bond acceptors (Lipinski definition) is 1. The van der Waals surface area contributed by atoms with Crippen LogP contribution in [0.15, 0.2) is 11.8 Å². The lowest BCUT2D eigenvalue weighted by molar-refractivity contribution is -0.118. The summed E-state index contributed by atoms with van der Waals surface area (Å²) in [7, 11) is 0. The highest BCUT2D eigenvalue weighted by atomic mass is 16.1. The molecule has 2 nitrogen and oxygen atoms in total. The lowest BCUT2D eigenvalue weighted by Crippen LogP contribution is -2.20. The van der Waals surface area contributed by atoms with Crippen LogP contribution in [0.1, 0.15) is 32.6 Å². The number of hydrogen-bond donors (Lipinski definition) is 1. The molecule has 2 heteroatoms. The molecule has 1 aliphatic rings. The molecule has 0 saturated carbocycles. The maximum atomic E-state index is 10.6. The monoisotopic (exact) mass is 139 g/mol. The molecule has 1 rings (SSSR count). The van der Waals surface area contributed by atoms with E-state index in [1.54, 1.807) is 6.92 Å². The fourth-order valence-electron chi connectivity index (χ4n) is 1.18. The lowest BCUT2D eigenvalue weighted by Gasteiger charge is -2.11. The Hall–Kier alpha value is -0.790. The minimum atomic E-state index is 0.0492. The van der Waals surface area contributed by atoms with Gasteiger partial charge in [0.25, 0.3) is 0 Å². The SMILES string of the molecule is CC(=O)NC1=CCCCC1. The standard InChI is InChI=1S/C8H13NO/c1-7(10)9-8-5-3-2-4-6-8/h5H,2-4,6H2,1H3,(H,9,10).